The zero-order valence-corrected chi connectivity index (χ0v) is 14.1. The monoisotopic (exact) mass is 322 g/mol. The molecule has 0 bridgehead atoms. The molecule has 1 N–H and O–H groups in total. The molecule has 2 atom stereocenters. The Morgan fingerprint density at radius 2 is 2.32 bits per heavy atom. The van der Waals surface area contributed by atoms with E-state index in [4.69, 9.17) is 4.74 Å². The van der Waals surface area contributed by atoms with Crippen molar-refractivity contribution in [1.29, 1.82) is 0 Å². The SMILES string of the molecule is CC(CC(=O)N1CCOC(c2cccs2)C1)C1CCNCC1. The maximum Gasteiger partial charge on any atom is 0.223 e. The first-order valence-corrected chi connectivity index (χ1v) is 9.25. The molecule has 3 rings (SSSR count). The zero-order valence-electron chi connectivity index (χ0n) is 13.3. The number of nitrogens with one attached hydrogen (secondary N) is 1. The van der Waals surface area contributed by atoms with Gasteiger partial charge in [0.25, 0.3) is 0 Å². The number of carbonyl (C=O) groups excluding carboxylic acids is 1. The van der Waals surface area contributed by atoms with Crippen LogP contribution < -0.4 is 5.32 Å². The summed E-state index contributed by atoms with van der Waals surface area (Å²) in [5, 5.41) is 5.47. The number of amides is 1. The Balaban J connectivity index is 1.52. The van der Waals surface area contributed by atoms with Gasteiger partial charge in [0.2, 0.25) is 5.91 Å². The van der Waals surface area contributed by atoms with Crippen LogP contribution in [0.5, 0.6) is 0 Å². The van der Waals surface area contributed by atoms with Crippen LogP contribution >= 0.6 is 11.3 Å². The van der Waals surface area contributed by atoms with E-state index in [9.17, 15) is 4.79 Å². The Morgan fingerprint density at radius 3 is 3.05 bits per heavy atom. The summed E-state index contributed by atoms with van der Waals surface area (Å²) in [6.45, 7) is 6.53. The van der Waals surface area contributed by atoms with E-state index in [1.807, 2.05) is 11.0 Å². The summed E-state index contributed by atoms with van der Waals surface area (Å²) in [4.78, 5) is 15.9. The third-order valence-corrected chi connectivity index (χ3v) is 5.93. The minimum atomic E-state index is 0.0619. The predicted octanol–water partition coefficient (Wildman–Crippen LogP) is 2.67. The number of rotatable bonds is 4. The predicted molar refractivity (Wildman–Crippen MR) is 89.0 cm³/mol. The standard InChI is InChI=1S/C17H26N2O2S/c1-13(14-4-6-18-7-5-14)11-17(20)19-8-9-21-15(12-19)16-3-2-10-22-16/h2-3,10,13-15,18H,4-9,11-12H2,1H3. The fourth-order valence-electron chi connectivity index (χ4n) is 3.51. The number of morpholine rings is 1. The van der Waals surface area contributed by atoms with Crippen LogP contribution in [0, 0.1) is 11.8 Å². The van der Waals surface area contributed by atoms with Crippen molar-refractivity contribution in [3.8, 4) is 0 Å². The molecule has 0 radical (unpaired) electrons. The summed E-state index contributed by atoms with van der Waals surface area (Å²) < 4.78 is 5.83. The van der Waals surface area contributed by atoms with Gasteiger partial charge in [-0.15, -0.1) is 11.3 Å². The lowest BCUT2D eigenvalue weighted by atomic mass is 9.84. The van der Waals surface area contributed by atoms with Crippen LogP contribution in [0.1, 0.15) is 37.2 Å². The lowest BCUT2D eigenvalue weighted by molar-refractivity contribution is -0.140. The maximum absolute atomic E-state index is 12.6. The van der Waals surface area contributed by atoms with Crippen molar-refractivity contribution in [1.82, 2.24) is 10.2 Å². The van der Waals surface area contributed by atoms with Crippen LogP contribution in [0.25, 0.3) is 0 Å². The average Bonchev–Trinajstić information content (AvgIpc) is 3.10. The Hall–Kier alpha value is -0.910. The van der Waals surface area contributed by atoms with Crippen LogP contribution in [0.3, 0.4) is 0 Å². The molecule has 2 aliphatic rings. The summed E-state index contributed by atoms with van der Waals surface area (Å²) in [5.74, 6) is 1.48. The molecule has 2 aliphatic heterocycles. The van der Waals surface area contributed by atoms with Gasteiger partial charge in [-0.1, -0.05) is 13.0 Å². The third kappa shape index (κ3) is 3.89. The van der Waals surface area contributed by atoms with E-state index in [-0.39, 0.29) is 6.10 Å². The normalized spacial score (nSPS) is 25.1. The number of ether oxygens (including phenoxy) is 1. The van der Waals surface area contributed by atoms with Crippen LogP contribution in [0.4, 0.5) is 0 Å². The minimum absolute atomic E-state index is 0.0619. The van der Waals surface area contributed by atoms with Crippen molar-refractivity contribution in [2.45, 2.75) is 32.3 Å². The van der Waals surface area contributed by atoms with Crippen LogP contribution in [0.15, 0.2) is 17.5 Å². The van der Waals surface area contributed by atoms with Crippen LogP contribution in [-0.4, -0.2) is 43.6 Å². The highest BCUT2D eigenvalue weighted by Gasteiger charge is 2.28. The summed E-state index contributed by atoms with van der Waals surface area (Å²) >= 11 is 1.71. The lowest BCUT2D eigenvalue weighted by Gasteiger charge is -2.34. The molecule has 5 heteroatoms. The molecule has 0 spiro atoms. The average molecular weight is 322 g/mol. The first-order chi connectivity index (χ1) is 10.7. The minimum Gasteiger partial charge on any atom is -0.369 e. The van der Waals surface area contributed by atoms with Crippen molar-refractivity contribution < 1.29 is 9.53 Å². The van der Waals surface area contributed by atoms with Crippen molar-refractivity contribution in [3.63, 3.8) is 0 Å². The quantitative estimate of drug-likeness (QED) is 0.926. The van der Waals surface area contributed by atoms with Gasteiger partial charge in [-0.25, -0.2) is 0 Å². The molecule has 0 aromatic carbocycles. The van der Waals surface area contributed by atoms with E-state index >= 15 is 0 Å². The summed E-state index contributed by atoms with van der Waals surface area (Å²) in [6, 6.07) is 4.14. The summed E-state index contributed by atoms with van der Waals surface area (Å²) in [5.41, 5.74) is 0. The highest BCUT2D eigenvalue weighted by molar-refractivity contribution is 7.10. The van der Waals surface area contributed by atoms with Crippen molar-refractivity contribution >= 4 is 17.2 Å². The Bertz CT molecular complexity index is 471. The van der Waals surface area contributed by atoms with E-state index in [2.05, 4.69) is 23.7 Å². The summed E-state index contributed by atoms with van der Waals surface area (Å²) in [7, 11) is 0. The van der Waals surface area contributed by atoms with Crippen molar-refractivity contribution in [3.05, 3.63) is 22.4 Å². The van der Waals surface area contributed by atoms with Gasteiger partial charge in [0.05, 0.1) is 13.2 Å². The van der Waals surface area contributed by atoms with E-state index in [0.717, 1.165) is 19.6 Å². The van der Waals surface area contributed by atoms with Gasteiger partial charge < -0.3 is 15.0 Å². The topological polar surface area (TPSA) is 41.6 Å². The van der Waals surface area contributed by atoms with Crippen molar-refractivity contribution in [2.75, 3.05) is 32.8 Å². The zero-order chi connectivity index (χ0) is 15.4. The van der Waals surface area contributed by atoms with E-state index < -0.39 is 0 Å². The molecule has 2 fully saturated rings. The molecule has 4 nitrogen and oxygen atoms in total. The molecule has 22 heavy (non-hydrogen) atoms. The van der Waals surface area contributed by atoms with Gasteiger partial charge in [-0.2, -0.15) is 0 Å². The molecule has 1 aromatic heterocycles. The smallest absolute Gasteiger partial charge is 0.223 e. The molecule has 0 saturated carbocycles. The van der Waals surface area contributed by atoms with Crippen LogP contribution in [0.2, 0.25) is 0 Å². The van der Waals surface area contributed by atoms with E-state index in [0.29, 0.717) is 37.3 Å². The van der Waals surface area contributed by atoms with Gasteiger partial charge in [-0.05, 0) is 49.2 Å². The Morgan fingerprint density at radius 1 is 1.50 bits per heavy atom. The van der Waals surface area contributed by atoms with E-state index in [1.54, 1.807) is 11.3 Å². The first-order valence-electron chi connectivity index (χ1n) is 8.37. The van der Waals surface area contributed by atoms with Crippen LogP contribution in [-0.2, 0) is 9.53 Å². The van der Waals surface area contributed by atoms with Gasteiger partial charge >= 0.3 is 0 Å². The highest BCUT2D eigenvalue weighted by Crippen LogP contribution is 2.28. The first kappa shape index (κ1) is 16.0. The lowest BCUT2D eigenvalue weighted by Crippen LogP contribution is -2.43. The number of thiophene rings is 1. The maximum atomic E-state index is 12.6. The van der Waals surface area contributed by atoms with Gasteiger partial charge in [0.1, 0.15) is 6.10 Å². The summed E-state index contributed by atoms with van der Waals surface area (Å²) in [6.07, 6.45) is 3.15. The number of hydrogen-bond donors (Lipinski definition) is 1. The second-order valence-electron chi connectivity index (χ2n) is 6.48. The molecule has 3 heterocycles. The van der Waals surface area contributed by atoms with Crippen molar-refractivity contribution in [2.24, 2.45) is 11.8 Å². The fourth-order valence-corrected chi connectivity index (χ4v) is 4.27. The fraction of sp³-hybridized carbons (Fsp3) is 0.706. The number of hydrogen-bond acceptors (Lipinski definition) is 4. The molecule has 1 amide bonds. The van der Waals surface area contributed by atoms with Gasteiger partial charge in [-0.3, -0.25) is 4.79 Å². The number of nitrogens with zero attached hydrogens (tertiary/aromatic N) is 1. The molecular weight excluding hydrogens is 296 g/mol. The Kier molecular flexibility index (Phi) is 5.50. The van der Waals surface area contributed by atoms with Gasteiger partial charge in [0.15, 0.2) is 0 Å². The number of carbonyl (C=O) groups is 1. The molecule has 1 aromatic rings. The third-order valence-electron chi connectivity index (χ3n) is 4.96. The highest BCUT2D eigenvalue weighted by atomic mass is 32.1. The second kappa shape index (κ2) is 7.57. The molecule has 0 aliphatic carbocycles. The second-order valence-corrected chi connectivity index (χ2v) is 7.46. The molecule has 2 unspecified atom stereocenters. The molecular formula is C17H26N2O2S. The largest absolute Gasteiger partial charge is 0.369 e. The Labute approximate surface area is 136 Å². The van der Waals surface area contributed by atoms with Gasteiger partial charge in [0, 0.05) is 17.8 Å². The molecule has 2 saturated heterocycles. The number of piperidine rings is 1. The van der Waals surface area contributed by atoms with E-state index in [1.165, 1.54) is 17.7 Å². The molecule has 122 valence electrons.